The molecule has 0 bridgehead atoms. The molecule has 69 valence electrons. The van der Waals surface area contributed by atoms with Crippen molar-refractivity contribution in [2.45, 2.75) is 6.54 Å². The normalized spacial score (nSPS) is 10.4. The third kappa shape index (κ3) is 1.71. The van der Waals surface area contributed by atoms with Crippen LogP contribution in [0.1, 0.15) is 5.56 Å². The van der Waals surface area contributed by atoms with Crippen molar-refractivity contribution in [3.63, 3.8) is 0 Å². The highest BCUT2D eigenvalue weighted by atomic mass is 15.1. The van der Waals surface area contributed by atoms with Crippen LogP contribution in [0, 0.1) is 0 Å². The van der Waals surface area contributed by atoms with Crippen LogP contribution in [0.3, 0.4) is 0 Å². The Bertz CT molecular complexity index is 420. The van der Waals surface area contributed by atoms with Gasteiger partial charge in [0.25, 0.3) is 0 Å². The summed E-state index contributed by atoms with van der Waals surface area (Å²) >= 11 is 0. The summed E-state index contributed by atoms with van der Waals surface area (Å²) in [5.74, 6) is 0. The second-order valence-corrected chi connectivity index (χ2v) is 3.38. The van der Waals surface area contributed by atoms with Gasteiger partial charge in [-0.25, -0.2) is 0 Å². The van der Waals surface area contributed by atoms with Crippen molar-refractivity contribution >= 4 is 13.6 Å². The van der Waals surface area contributed by atoms with Gasteiger partial charge < -0.3 is 7.85 Å². The molecule has 0 unspecified atom stereocenters. The van der Waals surface area contributed by atoms with Gasteiger partial charge in [-0.05, 0) is 11.3 Å². The molecule has 1 heterocycles. The van der Waals surface area contributed by atoms with Crippen LogP contribution in [-0.2, 0) is 13.6 Å². The van der Waals surface area contributed by atoms with E-state index >= 15 is 0 Å². The molecule has 0 saturated heterocycles. The predicted octanol–water partition coefficient (Wildman–Crippen LogP) is 0.155. The molecule has 0 aliphatic rings. The molecular weight excluding hydrogens is 171 g/mol. The number of nitrogens with zero attached hydrogens (tertiary/aromatic N) is 2. The lowest BCUT2D eigenvalue weighted by molar-refractivity contribution is -0.652. The van der Waals surface area contributed by atoms with E-state index in [1.807, 2.05) is 46.8 Å². The number of rotatable bonds is 2. The molecule has 2 aromatic rings. The summed E-state index contributed by atoms with van der Waals surface area (Å²) in [7, 11) is 7.82. The lowest BCUT2D eigenvalue weighted by Gasteiger charge is -2.07. The number of benzene rings is 1. The molecule has 3 heteroatoms. The van der Waals surface area contributed by atoms with Crippen molar-refractivity contribution in [1.29, 1.82) is 0 Å². The largest absolute Gasteiger partial charge is 0.458 e. The lowest BCUT2D eigenvalue weighted by Crippen LogP contribution is -2.46. The Balaban J connectivity index is 2.23. The first-order valence-electron chi connectivity index (χ1n) is 4.61. The fraction of sp³-hybridized carbons (Fsp3) is 0.182. The summed E-state index contributed by atoms with van der Waals surface area (Å²) < 4.78 is 3.93. The van der Waals surface area contributed by atoms with Gasteiger partial charge in [0.2, 0.25) is 0 Å². The minimum absolute atomic E-state index is 0.772. The molecule has 0 spiro atoms. The van der Waals surface area contributed by atoms with Crippen LogP contribution in [0.15, 0.2) is 42.7 Å². The zero-order valence-electron chi connectivity index (χ0n) is 8.22. The maximum Gasteiger partial charge on any atom is 0.126 e. The highest BCUT2D eigenvalue weighted by Gasteiger charge is 2.00. The van der Waals surface area contributed by atoms with Crippen molar-refractivity contribution in [2.24, 2.45) is 7.05 Å². The van der Waals surface area contributed by atoms with Crippen molar-refractivity contribution in [2.75, 3.05) is 0 Å². The van der Waals surface area contributed by atoms with Crippen molar-refractivity contribution in [3.8, 4) is 0 Å². The van der Waals surface area contributed by atoms with E-state index in [1.165, 1.54) is 5.56 Å². The molecule has 2 rings (SSSR count). The van der Waals surface area contributed by atoms with Gasteiger partial charge in [0.15, 0.2) is 0 Å². The van der Waals surface area contributed by atoms with E-state index in [0.717, 1.165) is 12.3 Å². The molecule has 0 N–H and O–H groups in total. The van der Waals surface area contributed by atoms with E-state index in [4.69, 9.17) is 7.85 Å². The number of aromatic nitrogens is 2. The second kappa shape index (κ2) is 3.70. The molecule has 1 aromatic heterocycles. The average molecular weight is 183 g/mol. The number of hydrogen-bond donors (Lipinski definition) is 0. The number of aryl methyl sites for hydroxylation is 1. The highest BCUT2D eigenvalue weighted by Crippen LogP contribution is 1.99. The molecule has 2 nitrogen and oxygen atoms in total. The van der Waals surface area contributed by atoms with Gasteiger partial charge in [-0.3, -0.25) is 9.13 Å². The van der Waals surface area contributed by atoms with Crippen LogP contribution in [0.2, 0.25) is 0 Å². The monoisotopic (exact) mass is 183 g/mol. The first-order valence-corrected chi connectivity index (χ1v) is 4.61. The van der Waals surface area contributed by atoms with E-state index in [0.29, 0.717) is 0 Å². The summed E-state index contributed by atoms with van der Waals surface area (Å²) in [6, 6.07) is 10.3. The third-order valence-electron chi connectivity index (χ3n) is 2.32. The standard InChI is InChI=1S/C11H12BN2/c1-13-7-8-14(11(13)12)9-10-5-3-2-4-6-10/h2-8H,9H2,1H3. The molecule has 0 fully saturated rings. The summed E-state index contributed by atoms with van der Waals surface area (Å²) in [6.45, 7) is 0.827. The fourth-order valence-corrected chi connectivity index (χ4v) is 1.45. The van der Waals surface area contributed by atoms with Crippen LogP contribution < -0.4 is 10.3 Å². The smallest absolute Gasteiger partial charge is 0.126 e. The summed E-state index contributed by atoms with van der Waals surface area (Å²) in [4.78, 5) is 0. The van der Waals surface area contributed by atoms with Gasteiger partial charge in [-0.15, -0.1) is 0 Å². The lowest BCUT2D eigenvalue weighted by atomic mass is 10.1. The first-order chi connectivity index (χ1) is 6.77. The molecule has 0 aliphatic heterocycles. The molecule has 0 saturated carbocycles. The van der Waals surface area contributed by atoms with Crippen molar-refractivity contribution in [3.05, 3.63) is 48.3 Å². The van der Waals surface area contributed by atoms with Gasteiger partial charge in [-0.2, -0.15) is 0 Å². The highest BCUT2D eigenvalue weighted by molar-refractivity contribution is 6.27. The summed E-state index contributed by atoms with van der Waals surface area (Å²) in [5, 5.41) is 0. The quantitative estimate of drug-likeness (QED) is 0.463. The zero-order valence-corrected chi connectivity index (χ0v) is 8.22. The predicted molar refractivity (Wildman–Crippen MR) is 56.5 cm³/mol. The van der Waals surface area contributed by atoms with Crippen LogP contribution in [0.5, 0.6) is 0 Å². The van der Waals surface area contributed by atoms with Crippen LogP contribution in [0.25, 0.3) is 0 Å². The van der Waals surface area contributed by atoms with Gasteiger partial charge in [-0.1, -0.05) is 30.3 Å². The average Bonchev–Trinajstić information content (AvgIpc) is 2.52. The molecule has 0 amide bonds. The molecule has 0 atom stereocenters. The van der Waals surface area contributed by atoms with E-state index in [1.54, 1.807) is 0 Å². The van der Waals surface area contributed by atoms with E-state index in [9.17, 15) is 0 Å². The molecule has 0 aliphatic carbocycles. The Morgan fingerprint density at radius 2 is 2.00 bits per heavy atom. The summed E-state index contributed by atoms with van der Waals surface area (Å²) in [6.07, 6.45) is 3.95. The van der Waals surface area contributed by atoms with Gasteiger partial charge >= 0.3 is 0 Å². The van der Waals surface area contributed by atoms with Gasteiger partial charge in [0, 0.05) is 0 Å². The van der Waals surface area contributed by atoms with Crippen LogP contribution in [0.4, 0.5) is 0 Å². The fourth-order valence-electron chi connectivity index (χ4n) is 1.45. The first kappa shape index (κ1) is 9.07. The number of hydrogen-bond acceptors (Lipinski definition) is 0. The molecular formula is C11H12BN2. The summed E-state index contributed by atoms with van der Waals surface area (Å²) in [5.41, 5.74) is 2.03. The Morgan fingerprint density at radius 1 is 1.29 bits per heavy atom. The molecule has 1 aromatic carbocycles. The van der Waals surface area contributed by atoms with Crippen molar-refractivity contribution < 1.29 is 4.57 Å². The van der Waals surface area contributed by atoms with Crippen LogP contribution in [-0.4, -0.2) is 12.4 Å². The minimum Gasteiger partial charge on any atom is -0.458 e. The van der Waals surface area contributed by atoms with Gasteiger partial charge in [0.1, 0.15) is 18.9 Å². The minimum atomic E-state index is 0.772. The SMILES string of the molecule is [B-]c1n(Cc2ccccc2)cc[n+]1C. The molecule has 14 heavy (non-hydrogen) atoms. The second-order valence-electron chi connectivity index (χ2n) is 3.38. The Kier molecular flexibility index (Phi) is 2.40. The maximum atomic E-state index is 5.88. The topological polar surface area (TPSA) is 8.81 Å². The Hall–Kier alpha value is -1.51. The maximum absolute atomic E-state index is 5.88. The Morgan fingerprint density at radius 3 is 2.57 bits per heavy atom. The Labute approximate surface area is 85.2 Å². The number of imidazole rings is 1. The third-order valence-corrected chi connectivity index (χ3v) is 2.32. The van der Waals surface area contributed by atoms with E-state index in [-0.39, 0.29) is 0 Å². The van der Waals surface area contributed by atoms with Crippen LogP contribution >= 0.6 is 0 Å². The molecule has 3 radical (unpaired) electrons. The van der Waals surface area contributed by atoms with Crippen molar-refractivity contribution in [1.82, 2.24) is 4.57 Å². The van der Waals surface area contributed by atoms with Gasteiger partial charge in [0.05, 0.1) is 7.05 Å². The van der Waals surface area contributed by atoms with E-state index < -0.39 is 0 Å². The van der Waals surface area contributed by atoms with E-state index in [2.05, 4.69) is 12.1 Å². The zero-order chi connectivity index (χ0) is 9.97.